The summed E-state index contributed by atoms with van der Waals surface area (Å²) >= 11 is 0. The Morgan fingerprint density at radius 2 is 1.92 bits per heavy atom. The number of amides is 1. The summed E-state index contributed by atoms with van der Waals surface area (Å²) in [6.45, 7) is 5.32. The number of nitrogens with zero attached hydrogens (tertiary/aromatic N) is 1. The van der Waals surface area contributed by atoms with Crippen LogP contribution in [0, 0.1) is 0 Å². The first-order valence-corrected chi connectivity index (χ1v) is 9.74. The Morgan fingerprint density at radius 1 is 1.25 bits per heavy atom. The molecule has 9 heteroatoms. The molecule has 1 aliphatic rings. The molecule has 0 radical (unpaired) electrons. The van der Waals surface area contributed by atoms with Crippen molar-refractivity contribution in [2.45, 2.75) is 64.7 Å². The summed E-state index contributed by atoms with van der Waals surface area (Å²) in [6.07, 6.45) is 0.463. The van der Waals surface area contributed by atoms with Crippen molar-refractivity contribution in [3.63, 3.8) is 0 Å². The van der Waals surface area contributed by atoms with Crippen LogP contribution in [0.1, 0.15) is 46.5 Å². The number of carbonyl (C=O) groups is 2. The first-order valence-electron chi connectivity index (χ1n) is 8.16. The monoisotopic (exact) mass is 365 g/mol. The fourth-order valence-electron chi connectivity index (χ4n) is 2.48. The highest BCUT2D eigenvalue weighted by molar-refractivity contribution is 7.86. The zero-order chi connectivity index (χ0) is 18.3. The average Bonchev–Trinajstić information content (AvgIpc) is 2.89. The molecule has 0 aromatic rings. The number of methoxy groups -OCH3 is 1. The van der Waals surface area contributed by atoms with Crippen LogP contribution in [0.3, 0.4) is 0 Å². The van der Waals surface area contributed by atoms with Crippen LogP contribution < -0.4 is 0 Å². The second-order valence-electron chi connectivity index (χ2n) is 6.05. The van der Waals surface area contributed by atoms with Crippen LogP contribution in [0.15, 0.2) is 0 Å². The zero-order valence-corrected chi connectivity index (χ0v) is 15.5. The molecule has 0 aromatic heterocycles. The fourth-order valence-corrected chi connectivity index (χ4v) is 3.69. The molecule has 0 saturated carbocycles. The lowest BCUT2D eigenvalue weighted by Gasteiger charge is -2.22. The first kappa shape index (κ1) is 20.7. The molecule has 1 fully saturated rings. The predicted octanol–water partition coefficient (Wildman–Crippen LogP) is 1.68. The van der Waals surface area contributed by atoms with Crippen molar-refractivity contribution in [3.05, 3.63) is 0 Å². The highest BCUT2D eigenvalue weighted by Crippen LogP contribution is 2.24. The third-order valence-corrected chi connectivity index (χ3v) is 4.94. The Balaban J connectivity index is 2.75. The van der Waals surface area contributed by atoms with Gasteiger partial charge in [0.15, 0.2) is 0 Å². The summed E-state index contributed by atoms with van der Waals surface area (Å²) in [5, 5.41) is 0. The Labute approximate surface area is 143 Å². The van der Waals surface area contributed by atoms with Crippen molar-refractivity contribution in [2.24, 2.45) is 0 Å². The number of hydrogen-bond donors (Lipinski definition) is 0. The number of hydrogen-bond acceptors (Lipinski definition) is 7. The number of unbranched alkanes of at least 4 members (excludes halogenated alkanes) is 2. The van der Waals surface area contributed by atoms with Crippen LogP contribution in [-0.4, -0.2) is 63.0 Å². The van der Waals surface area contributed by atoms with E-state index in [1.54, 1.807) is 13.8 Å². The Kier molecular flexibility index (Phi) is 7.95. The summed E-state index contributed by atoms with van der Waals surface area (Å²) in [7, 11) is -2.48. The molecule has 1 rings (SSSR count). The van der Waals surface area contributed by atoms with E-state index < -0.39 is 34.3 Å². The summed E-state index contributed by atoms with van der Waals surface area (Å²) in [5.41, 5.74) is 0. The van der Waals surface area contributed by atoms with Crippen molar-refractivity contribution in [2.75, 3.05) is 19.4 Å². The Bertz CT molecular complexity index is 532. The van der Waals surface area contributed by atoms with E-state index in [0.717, 1.165) is 17.7 Å². The third kappa shape index (κ3) is 6.27. The van der Waals surface area contributed by atoms with Gasteiger partial charge in [-0.1, -0.05) is 19.8 Å². The molecule has 2 atom stereocenters. The SMILES string of the molecule is CCCCCS(=O)(=O)OC1CC(C(=O)OC)N(C(=O)OC(C)C)C1. The van der Waals surface area contributed by atoms with Gasteiger partial charge in [-0.3, -0.25) is 9.08 Å². The van der Waals surface area contributed by atoms with E-state index in [1.165, 1.54) is 7.11 Å². The number of rotatable bonds is 8. The second-order valence-corrected chi connectivity index (χ2v) is 7.76. The highest BCUT2D eigenvalue weighted by Gasteiger charge is 2.43. The van der Waals surface area contributed by atoms with E-state index in [4.69, 9.17) is 8.92 Å². The third-order valence-electron chi connectivity index (χ3n) is 3.59. The van der Waals surface area contributed by atoms with Gasteiger partial charge in [-0.25, -0.2) is 9.59 Å². The molecule has 24 heavy (non-hydrogen) atoms. The standard InChI is InChI=1S/C15H27NO7S/c1-5-6-7-8-24(19,20)23-12-9-13(14(17)21-4)16(10-12)15(18)22-11(2)3/h11-13H,5-10H2,1-4H3. The summed E-state index contributed by atoms with van der Waals surface area (Å²) in [6, 6.07) is -0.905. The van der Waals surface area contributed by atoms with E-state index in [1.807, 2.05) is 6.92 Å². The first-order chi connectivity index (χ1) is 11.2. The fraction of sp³-hybridized carbons (Fsp3) is 0.867. The minimum atomic E-state index is -3.70. The topological polar surface area (TPSA) is 99.2 Å². The molecule has 0 aliphatic carbocycles. The molecule has 1 saturated heterocycles. The van der Waals surface area contributed by atoms with Crippen LogP contribution in [-0.2, 0) is 28.6 Å². The van der Waals surface area contributed by atoms with E-state index in [9.17, 15) is 18.0 Å². The summed E-state index contributed by atoms with van der Waals surface area (Å²) < 4.78 is 38.9. The quantitative estimate of drug-likeness (QED) is 0.366. The van der Waals surface area contributed by atoms with Crippen LogP contribution in [0.2, 0.25) is 0 Å². The van der Waals surface area contributed by atoms with Gasteiger partial charge in [-0.15, -0.1) is 0 Å². The van der Waals surface area contributed by atoms with Gasteiger partial charge in [-0.05, 0) is 20.3 Å². The molecule has 0 aromatic carbocycles. The molecule has 1 amide bonds. The normalized spacial score (nSPS) is 21.1. The molecule has 0 spiro atoms. The van der Waals surface area contributed by atoms with Gasteiger partial charge in [0.2, 0.25) is 0 Å². The van der Waals surface area contributed by atoms with Crippen molar-refractivity contribution < 1.29 is 31.7 Å². The summed E-state index contributed by atoms with van der Waals surface area (Å²) in [4.78, 5) is 25.1. The van der Waals surface area contributed by atoms with Crippen LogP contribution in [0.4, 0.5) is 4.79 Å². The lowest BCUT2D eigenvalue weighted by Crippen LogP contribution is -2.42. The maximum Gasteiger partial charge on any atom is 0.410 e. The van der Waals surface area contributed by atoms with E-state index >= 15 is 0 Å². The van der Waals surface area contributed by atoms with Crippen LogP contribution >= 0.6 is 0 Å². The van der Waals surface area contributed by atoms with Gasteiger partial charge in [0.05, 0.1) is 31.6 Å². The van der Waals surface area contributed by atoms with Crippen molar-refractivity contribution in [1.82, 2.24) is 4.90 Å². The van der Waals surface area contributed by atoms with Gasteiger partial charge >= 0.3 is 12.1 Å². The zero-order valence-electron chi connectivity index (χ0n) is 14.7. The predicted molar refractivity (Wildman–Crippen MR) is 86.9 cm³/mol. The maximum atomic E-state index is 12.1. The van der Waals surface area contributed by atoms with Crippen molar-refractivity contribution >= 4 is 22.2 Å². The van der Waals surface area contributed by atoms with Crippen molar-refractivity contribution in [3.8, 4) is 0 Å². The van der Waals surface area contributed by atoms with Gasteiger partial charge in [0.1, 0.15) is 6.04 Å². The molecule has 0 N–H and O–H groups in total. The largest absolute Gasteiger partial charge is 0.467 e. The van der Waals surface area contributed by atoms with E-state index in [2.05, 4.69) is 4.74 Å². The van der Waals surface area contributed by atoms with Gasteiger partial charge in [0, 0.05) is 6.42 Å². The molecule has 1 heterocycles. The smallest absolute Gasteiger partial charge is 0.410 e. The average molecular weight is 365 g/mol. The Morgan fingerprint density at radius 3 is 2.46 bits per heavy atom. The van der Waals surface area contributed by atoms with Crippen LogP contribution in [0.25, 0.3) is 0 Å². The molecule has 2 unspecified atom stereocenters. The Hall–Kier alpha value is -1.35. The van der Waals surface area contributed by atoms with Gasteiger partial charge in [-0.2, -0.15) is 8.42 Å². The van der Waals surface area contributed by atoms with E-state index in [0.29, 0.717) is 6.42 Å². The lowest BCUT2D eigenvalue weighted by atomic mass is 10.2. The minimum Gasteiger partial charge on any atom is -0.467 e. The van der Waals surface area contributed by atoms with Gasteiger partial charge < -0.3 is 9.47 Å². The lowest BCUT2D eigenvalue weighted by molar-refractivity contribution is -0.145. The molecule has 8 nitrogen and oxygen atoms in total. The molecule has 140 valence electrons. The molecular formula is C15H27NO7S. The molecular weight excluding hydrogens is 338 g/mol. The highest BCUT2D eigenvalue weighted by atomic mass is 32.2. The number of carbonyl (C=O) groups excluding carboxylic acids is 2. The summed E-state index contributed by atoms with van der Waals surface area (Å²) in [5.74, 6) is -0.693. The van der Waals surface area contributed by atoms with E-state index in [-0.39, 0.29) is 24.8 Å². The van der Waals surface area contributed by atoms with Gasteiger partial charge in [0.25, 0.3) is 10.1 Å². The van der Waals surface area contributed by atoms with Crippen molar-refractivity contribution in [1.29, 1.82) is 0 Å². The minimum absolute atomic E-state index is 0.0294. The maximum absolute atomic E-state index is 12.1. The van der Waals surface area contributed by atoms with Crippen LogP contribution in [0.5, 0.6) is 0 Å². The molecule has 0 bridgehead atoms. The number of likely N-dealkylation sites (tertiary alicyclic amines) is 1. The number of ether oxygens (including phenoxy) is 2. The second kappa shape index (κ2) is 9.22. The molecule has 1 aliphatic heterocycles. The number of esters is 1.